The maximum Gasteiger partial charge on any atom is 0.230 e. The minimum Gasteiger partial charge on any atom is -0.341 e. The van der Waals surface area contributed by atoms with Gasteiger partial charge >= 0.3 is 0 Å². The first-order chi connectivity index (χ1) is 7.64. The topological polar surface area (TPSA) is 46.3 Å². The van der Waals surface area contributed by atoms with Gasteiger partial charge in [-0.15, -0.1) is 0 Å². The number of hydrogen-bond donors (Lipinski definition) is 1. The van der Waals surface area contributed by atoms with Gasteiger partial charge in [0.15, 0.2) is 0 Å². The first-order valence-electron chi connectivity index (χ1n) is 6.27. The molecule has 4 heteroatoms. The largest absolute Gasteiger partial charge is 0.341 e. The molecule has 2 aliphatic rings. The summed E-state index contributed by atoms with van der Waals surface area (Å²) in [5.41, 5.74) is 5.82. The van der Waals surface area contributed by atoms with Gasteiger partial charge in [0, 0.05) is 24.9 Å². The standard InChI is InChI=1S/C12H22N2OS/c1-12(5-2-4-10(12)13)11(15)14-6-3-8-16-9-7-14/h10H,2-9,13H2,1H3. The Morgan fingerprint density at radius 3 is 2.88 bits per heavy atom. The molecule has 2 unspecified atom stereocenters. The monoisotopic (exact) mass is 242 g/mol. The van der Waals surface area contributed by atoms with E-state index in [1.54, 1.807) is 0 Å². The molecule has 0 bridgehead atoms. The molecule has 0 spiro atoms. The van der Waals surface area contributed by atoms with Crippen LogP contribution in [0.15, 0.2) is 0 Å². The zero-order valence-electron chi connectivity index (χ0n) is 10.1. The number of carbonyl (C=O) groups excluding carboxylic acids is 1. The van der Waals surface area contributed by atoms with Crippen molar-refractivity contribution >= 4 is 17.7 Å². The Morgan fingerprint density at radius 1 is 1.38 bits per heavy atom. The number of thioether (sulfide) groups is 1. The molecule has 2 atom stereocenters. The molecule has 0 aromatic rings. The Hall–Kier alpha value is -0.220. The Balaban J connectivity index is 2.05. The van der Waals surface area contributed by atoms with E-state index in [0.717, 1.165) is 44.5 Å². The third kappa shape index (κ3) is 2.23. The highest BCUT2D eigenvalue weighted by molar-refractivity contribution is 7.99. The van der Waals surface area contributed by atoms with Crippen LogP contribution in [0.4, 0.5) is 0 Å². The van der Waals surface area contributed by atoms with Crippen molar-refractivity contribution in [2.75, 3.05) is 24.6 Å². The first kappa shape index (κ1) is 12.2. The zero-order valence-corrected chi connectivity index (χ0v) is 10.9. The molecule has 1 saturated carbocycles. The second-order valence-electron chi connectivity index (χ2n) is 5.17. The van der Waals surface area contributed by atoms with Gasteiger partial charge in [-0.1, -0.05) is 6.42 Å². The van der Waals surface area contributed by atoms with Crippen LogP contribution in [0.2, 0.25) is 0 Å². The fourth-order valence-electron chi connectivity index (χ4n) is 2.77. The van der Waals surface area contributed by atoms with E-state index in [9.17, 15) is 4.79 Å². The summed E-state index contributed by atoms with van der Waals surface area (Å²) < 4.78 is 0. The van der Waals surface area contributed by atoms with Crippen molar-refractivity contribution in [3.05, 3.63) is 0 Å². The molecule has 2 fully saturated rings. The van der Waals surface area contributed by atoms with Gasteiger partial charge in [0.1, 0.15) is 0 Å². The summed E-state index contributed by atoms with van der Waals surface area (Å²) in [7, 11) is 0. The quantitative estimate of drug-likeness (QED) is 0.757. The average Bonchev–Trinajstić information content (AvgIpc) is 2.53. The van der Waals surface area contributed by atoms with E-state index < -0.39 is 0 Å². The van der Waals surface area contributed by atoms with Crippen molar-refractivity contribution in [2.45, 2.75) is 38.6 Å². The van der Waals surface area contributed by atoms with Gasteiger partial charge in [0.2, 0.25) is 5.91 Å². The maximum atomic E-state index is 12.5. The molecule has 2 N–H and O–H groups in total. The maximum absolute atomic E-state index is 12.5. The Morgan fingerprint density at radius 2 is 2.19 bits per heavy atom. The van der Waals surface area contributed by atoms with Gasteiger partial charge in [-0.05, 0) is 31.9 Å². The van der Waals surface area contributed by atoms with Crippen LogP contribution in [0.5, 0.6) is 0 Å². The minimum absolute atomic E-state index is 0.0657. The number of hydrogen-bond acceptors (Lipinski definition) is 3. The van der Waals surface area contributed by atoms with Crippen LogP contribution in [0, 0.1) is 5.41 Å². The second-order valence-corrected chi connectivity index (χ2v) is 6.40. The van der Waals surface area contributed by atoms with Crippen LogP contribution >= 0.6 is 11.8 Å². The van der Waals surface area contributed by atoms with Crippen LogP contribution in [-0.4, -0.2) is 41.4 Å². The Kier molecular flexibility index (Phi) is 3.80. The third-order valence-electron chi connectivity index (χ3n) is 4.03. The number of carbonyl (C=O) groups is 1. The fraction of sp³-hybridized carbons (Fsp3) is 0.917. The fourth-order valence-corrected chi connectivity index (χ4v) is 3.66. The minimum atomic E-state index is -0.283. The normalized spacial score (nSPS) is 36.1. The molecule has 92 valence electrons. The van der Waals surface area contributed by atoms with Crippen molar-refractivity contribution in [3.8, 4) is 0 Å². The van der Waals surface area contributed by atoms with E-state index >= 15 is 0 Å². The Labute approximate surface area is 102 Å². The van der Waals surface area contributed by atoms with Gasteiger partial charge in [-0.2, -0.15) is 11.8 Å². The van der Waals surface area contributed by atoms with Crippen LogP contribution in [0.3, 0.4) is 0 Å². The van der Waals surface area contributed by atoms with Gasteiger partial charge in [-0.3, -0.25) is 4.79 Å². The van der Waals surface area contributed by atoms with Crippen LogP contribution in [0.25, 0.3) is 0 Å². The van der Waals surface area contributed by atoms with Crippen molar-refractivity contribution in [1.82, 2.24) is 4.90 Å². The summed E-state index contributed by atoms with van der Waals surface area (Å²) in [6.07, 6.45) is 4.20. The van der Waals surface area contributed by atoms with Crippen molar-refractivity contribution in [2.24, 2.45) is 11.1 Å². The zero-order chi connectivity index (χ0) is 11.6. The van der Waals surface area contributed by atoms with E-state index in [1.165, 1.54) is 5.75 Å². The Bertz CT molecular complexity index is 264. The summed E-state index contributed by atoms with van der Waals surface area (Å²) in [5.74, 6) is 2.57. The summed E-state index contributed by atoms with van der Waals surface area (Å²) in [6, 6.07) is 0.0657. The molecule has 0 aromatic carbocycles. The summed E-state index contributed by atoms with van der Waals surface area (Å²) in [5, 5.41) is 0. The molecule has 1 aliphatic heterocycles. The molecule has 0 radical (unpaired) electrons. The molecule has 1 amide bonds. The van der Waals surface area contributed by atoms with E-state index in [1.807, 2.05) is 16.7 Å². The molecular formula is C12H22N2OS. The van der Waals surface area contributed by atoms with E-state index in [0.29, 0.717) is 5.91 Å². The molecule has 1 aliphatic carbocycles. The summed E-state index contributed by atoms with van der Waals surface area (Å²) in [4.78, 5) is 14.6. The van der Waals surface area contributed by atoms with E-state index in [2.05, 4.69) is 6.92 Å². The van der Waals surface area contributed by atoms with Gasteiger partial charge < -0.3 is 10.6 Å². The molecule has 3 nitrogen and oxygen atoms in total. The van der Waals surface area contributed by atoms with Gasteiger partial charge in [-0.25, -0.2) is 0 Å². The smallest absolute Gasteiger partial charge is 0.230 e. The second kappa shape index (κ2) is 4.96. The molecule has 1 heterocycles. The number of rotatable bonds is 1. The van der Waals surface area contributed by atoms with Crippen LogP contribution in [0.1, 0.15) is 32.6 Å². The first-order valence-corrected chi connectivity index (χ1v) is 7.43. The highest BCUT2D eigenvalue weighted by Crippen LogP contribution is 2.38. The average molecular weight is 242 g/mol. The predicted octanol–water partition coefficient (Wildman–Crippen LogP) is 1.47. The van der Waals surface area contributed by atoms with Crippen LogP contribution < -0.4 is 5.73 Å². The SMILES string of the molecule is CC1(C(=O)N2CCCSCC2)CCCC1N. The van der Waals surface area contributed by atoms with E-state index in [-0.39, 0.29) is 11.5 Å². The molecule has 1 saturated heterocycles. The molecular weight excluding hydrogens is 220 g/mol. The van der Waals surface area contributed by atoms with Crippen molar-refractivity contribution < 1.29 is 4.79 Å². The highest BCUT2D eigenvalue weighted by Gasteiger charge is 2.44. The van der Waals surface area contributed by atoms with Crippen molar-refractivity contribution in [1.29, 1.82) is 0 Å². The molecule has 16 heavy (non-hydrogen) atoms. The predicted molar refractivity (Wildman–Crippen MR) is 68.5 cm³/mol. The number of amides is 1. The van der Waals surface area contributed by atoms with Crippen molar-refractivity contribution in [3.63, 3.8) is 0 Å². The van der Waals surface area contributed by atoms with Gasteiger partial charge in [0.25, 0.3) is 0 Å². The van der Waals surface area contributed by atoms with E-state index in [4.69, 9.17) is 5.73 Å². The van der Waals surface area contributed by atoms with Crippen LogP contribution in [-0.2, 0) is 4.79 Å². The lowest BCUT2D eigenvalue weighted by atomic mass is 9.83. The summed E-state index contributed by atoms with van der Waals surface area (Å²) >= 11 is 1.95. The lowest BCUT2D eigenvalue weighted by molar-refractivity contribution is -0.141. The highest BCUT2D eigenvalue weighted by atomic mass is 32.2. The lowest BCUT2D eigenvalue weighted by Crippen LogP contribution is -2.49. The number of nitrogens with two attached hydrogens (primary N) is 1. The van der Waals surface area contributed by atoms with Gasteiger partial charge in [0.05, 0.1) is 5.41 Å². The third-order valence-corrected chi connectivity index (χ3v) is 5.08. The molecule has 0 aromatic heterocycles. The lowest BCUT2D eigenvalue weighted by Gasteiger charge is -2.33. The summed E-state index contributed by atoms with van der Waals surface area (Å²) in [6.45, 7) is 3.89. The number of nitrogens with zero attached hydrogens (tertiary/aromatic N) is 1. The molecule has 2 rings (SSSR count).